The van der Waals surface area contributed by atoms with Gasteiger partial charge in [-0.05, 0) is 0 Å². The molecule has 6 nitrogen and oxygen atoms in total. The summed E-state index contributed by atoms with van der Waals surface area (Å²) >= 11 is 0. The Balaban J connectivity index is 2.46. The van der Waals surface area contributed by atoms with Gasteiger partial charge in [0, 0.05) is 0 Å². The number of hydrogen-bond donors (Lipinski definition) is 0. The Morgan fingerprint density at radius 1 is 1.00 bits per heavy atom. The molecule has 11 heavy (non-hydrogen) atoms. The summed E-state index contributed by atoms with van der Waals surface area (Å²) in [7, 11) is 0. The van der Waals surface area contributed by atoms with Gasteiger partial charge < -0.3 is 4.52 Å². The molecule has 0 saturated heterocycles. The van der Waals surface area contributed by atoms with Crippen LogP contribution in [-0.4, -0.2) is 25.1 Å². The second-order valence-corrected chi connectivity index (χ2v) is 1.72. The van der Waals surface area contributed by atoms with Gasteiger partial charge in [0.15, 0.2) is 0 Å². The third-order valence-corrected chi connectivity index (χ3v) is 1.05. The molecule has 0 unspecified atom stereocenters. The molecule has 2 aromatic rings. The van der Waals surface area contributed by atoms with E-state index >= 15 is 0 Å². The summed E-state index contributed by atoms with van der Waals surface area (Å²) in [4.78, 5) is 15.0. The average Bonchev–Trinajstić information content (AvgIpc) is 2.58. The molecule has 0 N–H and O–H groups in total. The van der Waals surface area contributed by atoms with Gasteiger partial charge in [0.25, 0.3) is 0 Å². The molecule has 0 aliphatic carbocycles. The van der Waals surface area contributed by atoms with Crippen LogP contribution in [0.4, 0.5) is 0 Å². The normalized spacial score (nSPS) is 9.82. The van der Waals surface area contributed by atoms with Gasteiger partial charge in [0.05, 0.1) is 0 Å². The molecule has 6 heteroatoms. The lowest BCUT2D eigenvalue weighted by atomic mass is 10.6. The molecule has 0 fully saturated rings. The molecule has 0 spiro atoms. The Bertz CT molecular complexity index is 318. The van der Waals surface area contributed by atoms with Gasteiger partial charge in [-0.15, -0.1) is 0 Å². The minimum absolute atomic E-state index is 0.368. The van der Waals surface area contributed by atoms with Gasteiger partial charge in [0.1, 0.15) is 12.7 Å². The van der Waals surface area contributed by atoms with Crippen LogP contribution in [-0.2, 0) is 0 Å². The highest BCUT2D eigenvalue weighted by Gasteiger charge is 2.03. The van der Waals surface area contributed by atoms with Gasteiger partial charge in [-0.2, -0.15) is 4.98 Å². The van der Waals surface area contributed by atoms with Gasteiger partial charge in [-0.3, -0.25) is 0 Å². The van der Waals surface area contributed by atoms with Crippen molar-refractivity contribution in [3.8, 4) is 11.6 Å². The van der Waals surface area contributed by atoms with Crippen molar-refractivity contribution in [1.29, 1.82) is 0 Å². The van der Waals surface area contributed by atoms with Crippen molar-refractivity contribution in [2.45, 2.75) is 0 Å². The van der Waals surface area contributed by atoms with E-state index in [-0.39, 0.29) is 0 Å². The minimum Gasteiger partial charge on any atom is -0.342 e. The van der Waals surface area contributed by atoms with Crippen molar-refractivity contribution in [2.75, 3.05) is 0 Å². The van der Waals surface area contributed by atoms with Crippen LogP contribution in [0.25, 0.3) is 11.6 Å². The monoisotopic (exact) mass is 149 g/mol. The number of aromatic nitrogens is 5. The topological polar surface area (TPSA) is 77.6 Å². The largest absolute Gasteiger partial charge is 0.342 e. The zero-order valence-electron chi connectivity index (χ0n) is 5.38. The van der Waals surface area contributed by atoms with Crippen molar-refractivity contribution < 1.29 is 4.52 Å². The van der Waals surface area contributed by atoms with Crippen LogP contribution >= 0.6 is 0 Å². The maximum Gasteiger partial charge on any atom is 0.240 e. The second-order valence-electron chi connectivity index (χ2n) is 1.72. The van der Waals surface area contributed by atoms with E-state index in [1.54, 1.807) is 0 Å². The molecule has 2 heterocycles. The van der Waals surface area contributed by atoms with Crippen molar-refractivity contribution in [2.24, 2.45) is 0 Å². The molecule has 0 atom stereocenters. The molecule has 0 bridgehead atoms. The van der Waals surface area contributed by atoms with Crippen LogP contribution in [0.15, 0.2) is 23.6 Å². The summed E-state index contributed by atoms with van der Waals surface area (Å²) in [6.45, 7) is 0. The van der Waals surface area contributed by atoms with Crippen molar-refractivity contribution in [1.82, 2.24) is 25.1 Å². The Morgan fingerprint density at radius 2 is 1.82 bits per heavy atom. The lowest BCUT2D eigenvalue weighted by Gasteiger charge is -1.86. The summed E-state index contributed by atoms with van der Waals surface area (Å²) in [6.07, 6.45) is 3.97. The standard InChI is InChI=1S/C5H3N5O/c1-6-2-8-4(7-1)5-9-3-11-10-5/h1-3H. The van der Waals surface area contributed by atoms with E-state index in [1.165, 1.54) is 19.0 Å². The van der Waals surface area contributed by atoms with Crippen LogP contribution in [0.5, 0.6) is 0 Å². The maximum atomic E-state index is 4.51. The van der Waals surface area contributed by atoms with E-state index in [1.807, 2.05) is 0 Å². The highest BCUT2D eigenvalue weighted by Crippen LogP contribution is 2.03. The highest BCUT2D eigenvalue weighted by atomic mass is 16.5. The molecule has 0 aromatic carbocycles. The zero-order chi connectivity index (χ0) is 7.52. The van der Waals surface area contributed by atoms with Crippen molar-refractivity contribution in [3.63, 3.8) is 0 Å². The number of hydrogen-bond acceptors (Lipinski definition) is 6. The summed E-state index contributed by atoms with van der Waals surface area (Å²) in [5.41, 5.74) is 0. The lowest BCUT2D eigenvalue weighted by Crippen LogP contribution is -1.89. The first kappa shape index (κ1) is 5.90. The Morgan fingerprint density at radius 3 is 2.45 bits per heavy atom. The van der Waals surface area contributed by atoms with Gasteiger partial charge in [-0.25, -0.2) is 15.0 Å². The molecule has 0 amide bonds. The van der Waals surface area contributed by atoms with E-state index in [9.17, 15) is 0 Å². The number of rotatable bonds is 1. The predicted octanol–water partition coefficient (Wildman–Crippen LogP) is -0.0784. The molecule has 0 radical (unpaired) electrons. The average molecular weight is 149 g/mol. The third kappa shape index (κ3) is 1.05. The van der Waals surface area contributed by atoms with E-state index in [0.717, 1.165) is 0 Å². The van der Waals surface area contributed by atoms with Gasteiger partial charge >= 0.3 is 0 Å². The fraction of sp³-hybridized carbons (Fsp3) is 0. The summed E-state index contributed by atoms with van der Waals surface area (Å²) in [6, 6.07) is 0. The first-order valence-electron chi connectivity index (χ1n) is 2.85. The molecule has 0 aliphatic rings. The first-order chi connectivity index (χ1) is 5.47. The van der Waals surface area contributed by atoms with Crippen LogP contribution in [0.1, 0.15) is 0 Å². The summed E-state index contributed by atoms with van der Waals surface area (Å²) in [5, 5.41) is 3.55. The number of nitrogens with zero attached hydrogens (tertiary/aromatic N) is 5. The summed E-state index contributed by atoms with van der Waals surface area (Å²) in [5.74, 6) is 0.779. The fourth-order valence-electron chi connectivity index (χ4n) is 0.624. The fourth-order valence-corrected chi connectivity index (χ4v) is 0.624. The minimum atomic E-state index is 0.368. The molecule has 0 saturated carbocycles. The van der Waals surface area contributed by atoms with E-state index in [0.29, 0.717) is 11.6 Å². The van der Waals surface area contributed by atoms with E-state index < -0.39 is 0 Å². The highest BCUT2D eigenvalue weighted by molar-refractivity contribution is 5.38. The molecule has 54 valence electrons. The Kier molecular flexibility index (Phi) is 1.29. The first-order valence-corrected chi connectivity index (χ1v) is 2.85. The van der Waals surface area contributed by atoms with Crippen LogP contribution in [0.3, 0.4) is 0 Å². The zero-order valence-corrected chi connectivity index (χ0v) is 5.38. The molecule has 0 aliphatic heterocycles. The quantitative estimate of drug-likeness (QED) is 0.564. The molecular weight excluding hydrogens is 146 g/mol. The van der Waals surface area contributed by atoms with Gasteiger partial charge in [0.2, 0.25) is 18.0 Å². The SMILES string of the molecule is c1ncnc(-c2ncon2)n1. The van der Waals surface area contributed by atoms with Crippen LogP contribution in [0.2, 0.25) is 0 Å². The van der Waals surface area contributed by atoms with Crippen LogP contribution < -0.4 is 0 Å². The van der Waals surface area contributed by atoms with Gasteiger partial charge in [-0.1, -0.05) is 5.16 Å². The third-order valence-electron chi connectivity index (χ3n) is 1.05. The molecule has 2 aromatic heterocycles. The van der Waals surface area contributed by atoms with Crippen molar-refractivity contribution >= 4 is 0 Å². The van der Waals surface area contributed by atoms with E-state index in [4.69, 9.17) is 0 Å². The maximum absolute atomic E-state index is 4.51. The predicted molar refractivity (Wildman–Crippen MR) is 33.1 cm³/mol. The van der Waals surface area contributed by atoms with Crippen LogP contribution in [0, 0.1) is 0 Å². The molecular formula is C5H3N5O. The summed E-state index contributed by atoms with van der Waals surface area (Å²) < 4.78 is 4.51. The van der Waals surface area contributed by atoms with E-state index in [2.05, 4.69) is 29.6 Å². The second kappa shape index (κ2) is 2.41. The smallest absolute Gasteiger partial charge is 0.240 e. The molecule has 2 rings (SSSR count). The lowest BCUT2D eigenvalue weighted by molar-refractivity contribution is 0.418. The Labute approximate surface area is 61.3 Å². The Hall–Kier alpha value is -1.85. The van der Waals surface area contributed by atoms with Crippen molar-refractivity contribution in [3.05, 3.63) is 19.0 Å².